The van der Waals surface area contributed by atoms with Crippen molar-refractivity contribution in [3.8, 4) is 0 Å². The molecule has 0 heterocycles. The quantitative estimate of drug-likeness (QED) is 0.596. The highest BCUT2D eigenvalue weighted by atomic mass is 35.5. The van der Waals surface area contributed by atoms with Gasteiger partial charge in [0.05, 0.1) is 10.7 Å². The number of nitrogens with two attached hydrogens (primary N) is 1. The lowest BCUT2D eigenvalue weighted by atomic mass is 10.2. The van der Waals surface area contributed by atoms with E-state index in [2.05, 4.69) is 0 Å². The maximum Gasteiger partial charge on any atom is 0.0638 e. The Labute approximate surface area is 73.2 Å². The minimum absolute atomic E-state index is 0.634. The first-order valence-corrected chi connectivity index (χ1v) is 4.10. The summed E-state index contributed by atoms with van der Waals surface area (Å²) >= 11 is 5.69. The fraction of sp³-hybridized carbons (Fsp3) is 0.333. The van der Waals surface area contributed by atoms with E-state index in [0.29, 0.717) is 10.7 Å². The lowest BCUT2D eigenvalue weighted by molar-refractivity contribution is 1.47. The third-order valence-electron chi connectivity index (χ3n) is 1.27. The molecule has 0 unspecified atom stereocenters. The van der Waals surface area contributed by atoms with Gasteiger partial charge in [0, 0.05) is 0 Å². The number of aryl methyl sites for hydroxylation is 1. The van der Waals surface area contributed by atoms with Crippen molar-refractivity contribution in [2.45, 2.75) is 20.8 Å². The normalized spacial score (nSPS) is 8.36. The molecule has 1 aromatic carbocycles. The van der Waals surface area contributed by atoms with Crippen LogP contribution in [-0.4, -0.2) is 0 Å². The average molecular weight is 172 g/mol. The minimum Gasteiger partial charge on any atom is -0.397 e. The molecule has 0 amide bonds. The van der Waals surface area contributed by atoms with Gasteiger partial charge in [-0.15, -0.1) is 0 Å². The SMILES string of the molecule is CC.Cc1cccc(Cl)c1N. The van der Waals surface area contributed by atoms with Crippen LogP contribution >= 0.6 is 11.6 Å². The molecule has 0 aliphatic heterocycles. The Morgan fingerprint density at radius 3 is 2.18 bits per heavy atom. The van der Waals surface area contributed by atoms with E-state index in [9.17, 15) is 0 Å². The summed E-state index contributed by atoms with van der Waals surface area (Å²) in [7, 11) is 0. The van der Waals surface area contributed by atoms with Crippen molar-refractivity contribution in [3.05, 3.63) is 28.8 Å². The number of nitrogen functional groups attached to an aromatic ring is 1. The van der Waals surface area contributed by atoms with Crippen LogP contribution in [0.1, 0.15) is 19.4 Å². The molecule has 0 atom stereocenters. The maximum absolute atomic E-state index is 5.69. The molecular weight excluding hydrogens is 158 g/mol. The Bertz CT molecular complexity index is 201. The number of para-hydroxylation sites is 1. The first kappa shape index (κ1) is 10.3. The van der Waals surface area contributed by atoms with Crippen molar-refractivity contribution in [3.63, 3.8) is 0 Å². The number of anilines is 1. The first-order chi connectivity index (χ1) is 5.22. The highest BCUT2D eigenvalue weighted by Crippen LogP contribution is 2.20. The maximum atomic E-state index is 5.69. The molecule has 11 heavy (non-hydrogen) atoms. The zero-order valence-corrected chi connectivity index (χ0v) is 7.94. The fourth-order valence-electron chi connectivity index (χ4n) is 0.645. The summed E-state index contributed by atoms with van der Waals surface area (Å²) in [6.45, 7) is 5.93. The van der Waals surface area contributed by atoms with E-state index in [-0.39, 0.29) is 0 Å². The molecule has 0 aromatic heterocycles. The number of benzene rings is 1. The standard InChI is InChI=1S/C7H8ClN.C2H6/c1-5-3-2-4-6(8)7(5)9;1-2/h2-4H,9H2,1H3;1-2H3. The number of halogens is 1. The van der Waals surface area contributed by atoms with E-state index in [4.69, 9.17) is 17.3 Å². The Morgan fingerprint density at radius 1 is 1.27 bits per heavy atom. The van der Waals surface area contributed by atoms with Gasteiger partial charge in [-0.3, -0.25) is 0 Å². The molecule has 0 spiro atoms. The van der Waals surface area contributed by atoms with Crippen LogP contribution in [0, 0.1) is 6.92 Å². The summed E-state index contributed by atoms with van der Waals surface area (Å²) in [6, 6.07) is 5.60. The second-order valence-electron chi connectivity index (χ2n) is 1.97. The molecule has 0 radical (unpaired) electrons. The third kappa shape index (κ3) is 2.81. The summed E-state index contributed by atoms with van der Waals surface area (Å²) in [4.78, 5) is 0. The highest BCUT2D eigenvalue weighted by molar-refractivity contribution is 6.33. The van der Waals surface area contributed by atoms with Gasteiger partial charge in [0.1, 0.15) is 0 Å². The summed E-state index contributed by atoms with van der Waals surface area (Å²) < 4.78 is 0. The largest absolute Gasteiger partial charge is 0.397 e. The van der Waals surface area contributed by atoms with Crippen LogP contribution in [0.5, 0.6) is 0 Å². The van der Waals surface area contributed by atoms with Crippen molar-refractivity contribution in [2.24, 2.45) is 0 Å². The third-order valence-corrected chi connectivity index (χ3v) is 1.60. The van der Waals surface area contributed by atoms with Gasteiger partial charge in [-0.25, -0.2) is 0 Å². The molecule has 1 nitrogen and oxygen atoms in total. The zero-order chi connectivity index (χ0) is 8.85. The Kier molecular flexibility index (Phi) is 4.71. The number of hydrogen-bond donors (Lipinski definition) is 1. The molecule has 1 rings (SSSR count). The summed E-state index contributed by atoms with van der Waals surface area (Å²) in [6.07, 6.45) is 0. The van der Waals surface area contributed by atoms with Gasteiger partial charge in [-0.1, -0.05) is 37.6 Å². The van der Waals surface area contributed by atoms with Crippen LogP contribution in [0.15, 0.2) is 18.2 Å². The summed E-state index contributed by atoms with van der Waals surface area (Å²) in [5.41, 5.74) is 7.26. The van der Waals surface area contributed by atoms with Gasteiger partial charge in [0.25, 0.3) is 0 Å². The van der Waals surface area contributed by atoms with E-state index in [1.807, 2.05) is 32.9 Å². The van der Waals surface area contributed by atoms with Crippen LogP contribution in [0.4, 0.5) is 5.69 Å². The van der Waals surface area contributed by atoms with Crippen molar-refractivity contribution >= 4 is 17.3 Å². The predicted octanol–water partition coefficient (Wildman–Crippen LogP) is 3.26. The van der Waals surface area contributed by atoms with E-state index in [1.54, 1.807) is 6.07 Å². The summed E-state index contributed by atoms with van der Waals surface area (Å²) in [5.74, 6) is 0. The van der Waals surface area contributed by atoms with Gasteiger partial charge >= 0.3 is 0 Å². The molecule has 0 aliphatic rings. The molecular formula is C9H14ClN. The highest BCUT2D eigenvalue weighted by Gasteiger charge is 1.94. The van der Waals surface area contributed by atoms with Crippen molar-refractivity contribution < 1.29 is 0 Å². The molecule has 0 saturated heterocycles. The van der Waals surface area contributed by atoms with Gasteiger partial charge in [-0.05, 0) is 18.6 Å². The van der Waals surface area contributed by atoms with E-state index in [0.717, 1.165) is 5.56 Å². The van der Waals surface area contributed by atoms with Gasteiger partial charge in [-0.2, -0.15) is 0 Å². The molecule has 0 bridgehead atoms. The van der Waals surface area contributed by atoms with Gasteiger partial charge in [0.2, 0.25) is 0 Å². The van der Waals surface area contributed by atoms with Crippen LogP contribution < -0.4 is 5.73 Å². The smallest absolute Gasteiger partial charge is 0.0638 e. The van der Waals surface area contributed by atoms with Gasteiger partial charge in [0.15, 0.2) is 0 Å². The second-order valence-corrected chi connectivity index (χ2v) is 2.38. The fourth-order valence-corrected chi connectivity index (χ4v) is 0.867. The van der Waals surface area contributed by atoms with Crippen LogP contribution in [0.3, 0.4) is 0 Å². The monoisotopic (exact) mass is 171 g/mol. The zero-order valence-electron chi connectivity index (χ0n) is 7.19. The van der Waals surface area contributed by atoms with Crippen molar-refractivity contribution in [1.82, 2.24) is 0 Å². The molecule has 0 aliphatic carbocycles. The second kappa shape index (κ2) is 5.03. The van der Waals surface area contributed by atoms with Crippen LogP contribution in [0.25, 0.3) is 0 Å². The molecule has 0 fully saturated rings. The lowest BCUT2D eigenvalue weighted by Crippen LogP contribution is -1.88. The predicted molar refractivity (Wildman–Crippen MR) is 51.9 cm³/mol. The Morgan fingerprint density at radius 2 is 1.82 bits per heavy atom. The molecule has 1 aromatic rings. The van der Waals surface area contributed by atoms with Crippen LogP contribution in [0.2, 0.25) is 5.02 Å². The van der Waals surface area contributed by atoms with E-state index < -0.39 is 0 Å². The Hall–Kier alpha value is -0.690. The van der Waals surface area contributed by atoms with Crippen molar-refractivity contribution in [2.75, 3.05) is 5.73 Å². The van der Waals surface area contributed by atoms with Crippen molar-refractivity contribution in [1.29, 1.82) is 0 Å². The summed E-state index contributed by atoms with van der Waals surface area (Å²) in [5, 5.41) is 0.634. The Balaban J connectivity index is 0.000000461. The average Bonchev–Trinajstić information content (AvgIpc) is 2.04. The van der Waals surface area contributed by atoms with Crippen LogP contribution in [-0.2, 0) is 0 Å². The van der Waals surface area contributed by atoms with E-state index in [1.165, 1.54) is 0 Å². The molecule has 2 N–H and O–H groups in total. The molecule has 2 heteroatoms. The topological polar surface area (TPSA) is 26.0 Å². The number of rotatable bonds is 0. The lowest BCUT2D eigenvalue weighted by Gasteiger charge is -1.98. The molecule has 62 valence electrons. The number of hydrogen-bond acceptors (Lipinski definition) is 1. The van der Waals surface area contributed by atoms with Gasteiger partial charge < -0.3 is 5.73 Å². The minimum atomic E-state index is 0.634. The van der Waals surface area contributed by atoms with E-state index >= 15 is 0 Å². The molecule has 0 saturated carbocycles. The first-order valence-electron chi connectivity index (χ1n) is 3.72.